The average molecular weight is 225 g/mol. The highest BCUT2D eigenvalue weighted by Crippen LogP contribution is 2.21. The lowest BCUT2D eigenvalue weighted by Crippen LogP contribution is -1.95. The van der Waals surface area contributed by atoms with Crippen molar-refractivity contribution in [2.24, 2.45) is 0 Å². The third-order valence-corrected chi connectivity index (χ3v) is 2.09. The second-order valence-corrected chi connectivity index (χ2v) is 3.33. The van der Waals surface area contributed by atoms with Gasteiger partial charge in [-0.2, -0.15) is 0 Å². The molecular formula is C12H13ClO2. The minimum absolute atomic E-state index is 0.335. The first-order valence-corrected chi connectivity index (χ1v) is 5.24. The van der Waals surface area contributed by atoms with Gasteiger partial charge in [0.2, 0.25) is 0 Å². The minimum atomic E-state index is -0.335. The SMILES string of the molecule is CC.Cc1cc(Cl)cc2ccc(=O)oc12. The highest BCUT2D eigenvalue weighted by Gasteiger charge is 2.01. The topological polar surface area (TPSA) is 30.2 Å². The molecule has 0 aliphatic heterocycles. The summed E-state index contributed by atoms with van der Waals surface area (Å²) in [5.41, 5.74) is 1.15. The van der Waals surface area contributed by atoms with E-state index in [2.05, 4.69) is 0 Å². The second kappa shape index (κ2) is 4.99. The molecule has 0 atom stereocenters. The van der Waals surface area contributed by atoms with Gasteiger partial charge in [0.1, 0.15) is 5.58 Å². The van der Waals surface area contributed by atoms with Crippen LogP contribution in [0.2, 0.25) is 5.02 Å². The predicted molar refractivity (Wildman–Crippen MR) is 63.6 cm³/mol. The van der Waals surface area contributed by atoms with Crippen molar-refractivity contribution in [2.75, 3.05) is 0 Å². The Bertz CT molecular complexity index is 515. The lowest BCUT2D eigenvalue weighted by Gasteiger charge is -1.99. The summed E-state index contributed by atoms with van der Waals surface area (Å²) in [6, 6.07) is 6.64. The Labute approximate surface area is 93.5 Å². The average Bonchev–Trinajstić information content (AvgIpc) is 2.22. The molecule has 0 bridgehead atoms. The van der Waals surface area contributed by atoms with Crippen molar-refractivity contribution in [3.8, 4) is 0 Å². The molecule has 1 heterocycles. The molecular weight excluding hydrogens is 212 g/mol. The van der Waals surface area contributed by atoms with Gasteiger partial charge in [-0.1, -0.05) is 25.4 Å². The van der Waals surface area contributed by atoms with Crippen molar-refractivity contribution in [1.82, 2.24) is 0 Å². The van der Waals surface area contributed by atoms with Gasteiger partial charge >= 0.3 is 5.63 Å². The molecule has 0 saturated heterocycles. The van der Waals surface area contributed by atoms with Crippen LogP contribution >= 0.6 is 11.6 Å². The summed E-state index contributed by atoms with van der Waals surface area (Å²) in [4.78, 5) is 10.9. The zero-order valence-electron chi connectivity index (χ0n) is 9.00. The maximum absolute atomic E-state index is 10.9. The third-order valence-electron chi connectivity index (χ3n) is 1.87. The van der Waals surface area contributed by atoms with Crippen molar-refractivity contribution in [2.45, 2.75) is 20.8 Å². The number of hydrogen-bond donors (Lipinski definition) is 0. The summed E-state index contributed by atoms with van der Waals surface area (Å²) in [7, 11) is 0. The van der Waals surface area contributed by atoms with E-state index in [0.717, 1.165) is 10.9 Å². The van der Waals surface area contributed by atoms with Crippen LogP contribution < -0.4 is 5.63 Å². The summed E-state index contributed by atoms with van der Waals surface area (Å²) in [6.45, 7) is 5.86. The fraction of sp³-hybridized carbons (Fsp3) is 0.250. The predicted octanol–water partition coefficient (Wildman–Crippen LogP) is 3.78. The smallest absolute Gasteiger partial charge is 0.336 e. The summed E-state index contributed by atoms with van der Waals surface area (Å²) >= 11 is 5.84. The van der Waals surface area contributed by atoms with Gasteiger partial charge in [0.15, 0.2) is 0 Å². The Kier molecular flexibility index (Phi) is 3.92. The van der Waals surface area contributed by atoms with Crippen molar-refractivity contribution in [3.05, 3.63) is 45.3 Å². The van der Waals surface area contributed by atoms with Gasteiger partial charge in [-0.3, -0.25) is 0 Å². The molecule has 0 amide bonds. The molecule has 2 aromatic rings. The first-order chi connectivity index (χ1) is 7.16. The Morgan fingerprint density at radius 3 is 2.53 bits per heavy atom. The van der Waals surface area contributed by atoms with Gasteiger partial charge in [-0.25, -0.2) is 4.79 Å². The number of rotatable bonds is 0. The molecule has 0 aliphatic carbocycles. The van der Waals surface area contributed by atoms with Gasteiger partial charge in [-0.05, 0) is 30.7 Å². The molecule has 0 N–H and O–H groups in total. The number of halogens is 1. The zero-order valence-corrected chi connectivity index (χ0v) is 9.76. The van der Waals surface area contributed by atoms with Crippen LogP contribution in [-0.4, -0.2) is 0 Å². The normalized spacial score (nSPS) is 9.60. The lowest BCUT2D eigenvalue weighted by molar-refractivity contribution is 0.559. The molecule has 0 radical (unpaired) electrons. The van der Waals surface area contributed by atoms with Crippen LogP contribution in [-0.2, 0) is 0 Å². The first-order valence-electron chi connectivity index (χ1n) is 4.87. The van der Waals surface area contributed by atoms with E-state index in [1.807, 2.05) is 20.8 Å². The molecule has 2 rings (SSSR count). The second-order valence-electron chi connectivity index (χ2n) is 2.90. The van der Waals surface area contributed by atoms with Gasteiger partial charge in [0.05, 0.1) is 0 Å². The molecule has 1 aromatic heterocycles. The molecule has 15 heavy (non-hydrogen) atoms. The van der Waals surface area contributed by atoms with Gasteiger partial charge < -0.3 is 4.42 Å². The van der Waals surface area contributed by atoms with E-state index in [4.69, 9.17) is 16.0 Å². The van der Waals surface area contributed by atoms with Crippen LogP contribution in [0.5, 0.6) is 0 Å². The van der Waals surface area contributed by atoms with Crippen LogP contribution in [0.1, 0.15) is 19.4 Å². The lowest BCUT2D eigenvalue weighted by atomic mass is 10.1. The van der Waals surface area contributed by atoms with Crippen LogP contribution in [0.4, 0.5) is 0 Å². The van der Waals surface area contributed by atoms with Crippen LogP contribution in [0.15, 0.2) is 33.5 Å². The standard InChI is InChI=1S/C10H7ClO2.C2H6/c1-6-4-8(11)5-7-2-3-9(12)13-10(6)7;1-2/h2-5H,1H3;1-2H3. The van der Waals surface area contributed by atoms with E-state index in [1.54, 1.807) is 18.2 Å². The molecule has 0 fully saturated rings. The molecule has 1 aromatic carbocycles. The first kappa shape index (κ1) is 11.8. The number of benzene rings is 1. The largest absolute Gasteiger partial charge is 0.422 e. The van der Waals surface area contributed by atoms with Gasteiger partial charge in [0.25, 0.3) is 0 Å². The quantitative estimate of drug-likeness (QED) is 0.638. The number of aryl methyl sites for hydroxylation is 1. The maximum Gasteiger partial charge on any atom is 0.336 e. The van der Waals surface area contributed by atoms with Crippen molar-refractivity contribution in [3.63, 3.8) is 0 Å². The Hall–Kier alpha value is -1.28. The van der Waals surface area contributed by atoms with Gasteiger partial charge in [-0.15, -0.1) is 0 Å². The van der Waals surface area contributed by atoms with E-state index < -0.39 is 0 Å². The number of hydrogen-bond acceptors (Lipinski definition) is 2. The summed E-state index contributed by atoms with van der Waals surface area (Å²) in [6.07, 6.45) is 0. The Morgan fingerprint density at radius 2 is 1.87 bits per heavy atom. The van der Waals surface area contributed by atoms with Crippen LogP contribution in [0.3, 0.4) is 0 Å². The summed E-state index contributed by atoms with van der Waals surface area (Å²) in [5.74, 6) is 0. The molecule has 0 spiro atoms. The van der Waals surface area contributed by atoms with E-state index in [1.165, 1.54) is 6.07 Å². The number of fused-ring (bicyclic) bond motifs is 1. The fourth-order valence-corrected chi connectivity index (χ4v) is 1.59. The molecule has 3 heteroatoms. The van der Waals surface area contributed by atoms with Crippen molar-refractivity contribution in [1.29, 1.82) is 0 Å². The molecule has 80 valence electrons. The van der Waals surface area contributed by atoms with E-state index in [9.17, 15) is 4.79 Å². The highest BCUT2D eigenvalue weighted by atomic mass is 35.5. The Morgan fingerprint density at radius 1 is 1.20 bits per heavy atom. The summed E-state index contributed by atoms with van der Waals surface area (Å²) in [5, 5.41) is 1.50. The maximum atomic E-state index is 10.9. The third kappa shape index (κ3) is 2.60. The fourth-order valence-electron chi connectivity index (χ4n) is 1.31. The highest BCUT2D eigenvalue weighted by molar-refractivity contribution is 6.31. The molecule has 0 aliphatic rings. The van der Waals surface area contributed by atoms with E-state index >= 15 is 0 Å². The van der Waals surface area contributed by atoms with Gasteiger partial charge in [0, 0.05) is 16.5 Å². The monoisotopic (exact) mass is 224 g/mol. The summed E-state index contributed by atoms with van der Waals surface area (Å²) < 4.78 is 5.03. The van der Waals surface area contributed by atoms with Crippen molar-refractivity contribution >= 4 is 22.6 Å². The van der Waals surface area contributed by atoms with Crippen molar-refractivity contribution < 1.29 is 4.42 Å². The zero-order chi connectivity index (χ0) is 11.4. The minimum Gasteiger partial charge on any atom is -0.422 e. The molecule has 2 nitrogen and oxygen atoms in total. The van der Waals surface area contributed by atoms with E-state index in [0.29, 0.717) is 10.6 Å². The molecule has 0 unspecified atom stereocenters. The van der Waals surface area contributed by atoms with E-state index in [-0.39, 0.29) is 5.63 Å². The van der Waals surface area contributed by atoms with Crippen LogP contribution in [0.25, 0.3) is 11.0 Å². The Balaban J connectivity index is 0.000000531. The molecule has 0 saturated carbocycles. The van der Waals surface area contributed by atoms with Crippen LogP contribution in [0, 0.1) is 6.92 Å².